The summed E-state index contributed by atoms with van der Waals surface area (Å²) in [6.45, 7) is 9.16. The fourth-order valence-electron chi connectivity index (χ4n) is 3.85. The number of ether oxygens (including phenoxy) is 1. The first kappa shape index (κ1) is 12.4. The van der Waals surface area contributed by atoms with Crippen molar-refractivity contribution < 1.29 is 9.84 Å². The molecule has 1 saturated carbocycles. The van der Waals surface area contributed by atoms with Crippen molar-refractivity contribution in [1.29, 1.82) is 0 Å². The first-order valence-electron chi connectivity index (χ1n) is 6.75. The van der Waals surface area contributed by atoms with E-state index < -0.39 is 6.29 Å². The highest BCUT2D eigenvalue weighted by molar-refractivity contribution is 4.97. The van der Waals surface area contributed by atoms with Crippen LogP contribution in [0.1, 0.15) is 53.4 Å². The molecule has 16 heavy (non-hydrogen) atoms. The second-order valence-corrected chi connectivity index (χ2v) is 6.77. The Morgan fingerprint density at radius 3 is 2.69 bits per heavy atom. The van der Waals surface area contributed by atoms with Crippen LogP contribution in [0.2, 0.25) is 0 Å². The Hall–Kier alpha value is -0.0800. The summed E-state index contributed by atoms with van der Waals surface area (Å²) in [4.78, 5) is 0. The molecule has 4 atom stereocenters. The van der Waals surface area contributed by atoms with Gasteiger partial charge >= 0.3 is 0 Å². The van der Waals surface area contributed by atoms with Crippen LogP contribution in [0.15, 0.2) is 0 Å². The number of hydrogen-bond acceptors (Lipinski definition) is 2. The summed E-state index contributed by atoms with van der Waals surface area (Å²) in [5.74, 6) is 1.58. The number of aliphatic hydroxyl groups excluding tert-OH is 1. The molecule has 2 fully saturated rings. The lowest BCUT2D eigenvalue weighted by atomic mass is 9.62. The molecule has 2 heteroatoms. The van der Waals surface area contributed by atoms with E-state index in [1.54, 1.807) is 0 Å². The van der Waals surface area contributed by atoms with Gasteiger partial charge in [0.15, 0.2) is 6.29 Å². The van der Waals surface area contributed by atoms with E-state index >= 15 is 0 Å². The van der Waals surface area contributed by atoms with Gasteiger partial charge in [-0.2, -0.15) is 0 Å². The minimum absolute atomic E-state index is 0.273. The summed E-state index contributed by atoms with van der Waals surface area (Å²) >= 11 is 0. The van der Waals surface area contributed by atoms with Crippen LogP contribution in [-0.4, -0.2) is 17.5 Å². The number of hydrogen-bond donors (Lipinski definition) is 1. The lowest BCUT2D eigenvalue weighted by molar-refractivity contribution is -0.112. The van der Waals surface area contributed by atoms with Gasteiger partial charge in [0.1, 0.15) is 0 Å². The minimum Gasteiger partial charge on any atom is -0.368 e. The smallest absolute Gasteiger partial charge is 0.158 e. The molecule has 0 spiro atoms. The number of fused-ring (bicyclic) bond motifs is 1. The third-order valence-corrected chi connectivity index (χ3v) is 4.51. The Balaban J connectivity index is 2.16. The topological polar surface area (TPSA) is 29.5 Å². The van der Waals surface area contributed by atoms with Crippen molar-refractivity contribution in [3.05, 3.63) is 0 Å². The summed E-state index contributed by atoms with van der Waals surface area (Å²) in [5, 5.41) is 10.0. The highest BCUT2D eigenvalue weighted by atomic mass is 16.6. The summed E-state index contributed by atoms with van der Waals surface area (Å²) in [7, 11) is 0. The molecule has 0 aromatic rings. The molecule has 1 N–H and O–H groups in total. The molecule has 0 amide bonds. The number of aliphatic hydroxyl groups is 1. The van der Waals surface area contributed by atoms with E-state index in [0.717, 1.165) is 12.8 Å². The Kier molecular flexibility index (Phi) is 3.33. The third kappa shape index (κ3) is 2.14. The highest BCUT2D eigenvalue weighted by Crippen LogP contribution is 2.52. The van der Waals surface area contributed by atoms with Crippen molar-refractivity contribution in [2.75, 3.05) is 0 Å². The van der Waals surface area contributed by atoms with Crippen LogP contribution in [-0.2, 0) is 4.74 Å². The molecular weight excluding hydrogens is 200 g/mol. The SMILES string of the molecule is CC(C)CC1O[C@@H](O)C2CCCC(C)(C)C12. The zero-order chi connectivity index (χ0) is 11.9. The van der Waals surface area contributed by atoms with E-state index in [-0.39, 0.29) is 6.10 Å². The molecule has 0 aromatic heterocycles. The molecule has 0 aromatic carbocycles. The molecule has 2 rings (SSSR count). The van der Waals surface area contributed by atoms with Crippen molar-refractivity contribution in [3.8, 4) is 0 Å². The first-order valence-corrected chi connectivity index (χ1v) is 6.75. The molecule has 1 aliphatic heterocycles. The Morgan fingerprint density at radius 1 is 1.38 bits per heavy atom. The molecule has 2 nitrogen and oxygen atoms in total. The third-order valence-electron chi connectivity index (χ3n) is 4.51. The van der Waals surface area contributed by atoms with Gasteiger partial charge < -0.3 is 9.84 Å². The van der Waals surface area contributed by atoms with Gasteiger partial charge in [0, 0.05) is 5.92 Å². The number of rotatable bonds is 2. The summed E-state index contributed by atoms with van der Waals surface area (Å²) in [6, 6.07) is 0. The zero-order valence-corrected chi connectivity index (χ0v) is 11.1. The van der Waals surface area contributed by atoms with Crippen LogP contribution < -0.4 is 0 Å². The van der Waals surface area contributed by atoms with Gasteiger partial charge in [0.05, 0.1) is 6.10 Å². The quantitative estimate of drug-likeness (QED) is 0.783. The van der Waals surface area contributed by atoms with Gasteiger partial charge in [0.2, 0.25) is 0 Å². The van der Waals surface area contributed by atoms with E-state index in [1.165, 1.54) is 12.8 Å². The van der Waals surface area contributed by atoms with E-state index in [1.807, 2.05) is 0 Å². The second kappa shape index (κ2) is 4.30. The van der Waals surface area contributed by atoms with E-state index in [4.69, 9.17) is 4.74 Å². The molecule has 94 valence electrons. The van der Waals surface area contributed by atoms with Crippen LogP contribution in [0.4, 0.5) is 0 Å². The normalized spacial score (nSPS) is 42.4. The first-order chi connectivity index (χ1) is 7.42. The standard InChI is InChI=1S/C14H26O2/c1-9(2)8-11-12-10(13(15)16-11)6-5-7-14(12,3)4/h9-13,15H,5-8H2,1-4H3/t10?,11?,12?,13-/m1/s1. The van der Waals surface area contributed by atoms with Gasteiger partial charge in [0.25, 0.3) is 0 Å². The molecule has 2 aliphatic rings. The van der Waals surface area contributed by atoms with Crippen molar-refractivity contribution in [3.63, 3.8) is 0 Å². The summed E-state index contributed by atoms with van der Waals surface area (Å²) in [5.41, 5.74) is 0.333. The fourth-order valence-corrected chi connectivity index (χ4v) is 3.85. The molecular formula is C14H26O2. The second-order valence-electron chi connectivity index (χ2n) is 6.77. The molecule has 0 radical (unpaired) electrons. The van der Waals surface area contributed by atoms with Crippen LogP contribution in [0, 0.1) is 23.2 Å². The molecule has 1 heterocycles. The van der Waals surface area contributed by atoms with Crippen molar-refractivity contribution in [2.24, 2.45) is 23.2 Å². The molecule has 1 aliphatic carbocycles. The van der Waals surface area contributed by atoms with Crippen molar-refractivity contribution >= 4 is 0 Å². The van der Waals surface area contributed by atoms with Gasteiger partial charge in [-0.3, -0.25) is 0 Å². The Morgan fingerprint density at radius 2 is 2.06 bits per heavy atom. The van der Waals surface area contributed by atoms with Gasteiger partial charge in [-0.1, -0.05) is 34.1 Å². The van der Waals surface area contributed by atoms with E-state index in [0.29, 0.717) is 23.2 Å². The maximum atomic E-state index is 10.0. The van der Waals surface area contributed by atoms with Crippen LogP contribution in [0.5, 0.6) is 0 Å². The maximum Gasteiger partial charge on any atom is 0.158 e. The lowest BCUT2D eigenvalue weighted by Crippen LogP contribution is -2.39. The van der Waals surface area contributed by atoms with E-state index in [9.17, 15) is 5.11 Å². The van der Waals surface area contributed by atoms with Crippen LogP contribution in [0.25, 0.3) is 0 Å². The Labute approximate surface area is 99.4 Å². The molecule has 3 unspecified atom stereocenters. The summed E-state index contributed by atoms with van der Waals surface area (Å²) < 4.78 is 5.81. The maximum absolute atomic E-state index is 10.0. The minimum atomic E-state index is -0.506. The zero-order valence-electron chi connectivity index (χ0n) is 11.1. The van der Waals surface area contributed by atoms with Crippen LogP contribution in [0.3, 0.4) is 0 Å². The van der Waals surface area contributed by atoms with Crippen LogP contribution >= 0.6 is 0 Å². The fraction of sp³-hybridized carbons (Fsp3) is 1.00. The predicted molar refractivity (Wildman–Crippen MR) is 64.9 cm³/mol. The van der Waals surface area contributed by atoms with Crippen molar-refractivity contribution in [2.45, 2.75) is 65.8 Å². The monoisotopic (exact) mass is 226 g/mol. The van der Waals surface area contributed by atoms with E-state index in [2.05, 4.69) is 27.7 Å². The Bertz CT molecular complexity index is 247. The van der Waals surface area contributed by atoms with Gasteiger partial charge in [-0.05, 0) is 36.5 Å². The predicted octanol–water partition coefficient (Wildman–Crippen LogP) is 3.19. The lowest BCUT2D eigenvalue weighted by Gasteiger charge is -2.42. The largest absolute Gasteiger partial charge is 0.368 e. The average Bonchev–Trinajstić information content (AvgIpc) is 2.42. The van der Waals surface area contributed by atoms with Gasteiger partial charge in [-0.15, -0.1) is 0 Å². The van der Waals surface area contributed by atoms with Gasteiger partial charge in [-0.25, -0.2) is 0 Å². The highest BCUT2D eigenvalue weighted by Gasteiger charge is 2.52. The molecule has 1 saturated heterocycles. The summed E-state index contributed by atoms with van der Waals surface area (Å²) in [6.07, 6.45) is 4.51. The average molecular weight is 226 g/mol. The van der Waals surface area contributed by atoms with Crippen molar-refractivity contribution in [1.82, 2.24) is 0 Å². The molecule has 0 bridgehead atoms.